The molecule has 0 bridgehead atoms. The fraction of sp³-hybridized carbons (Fsp3) is 0.0156. The fourth-order valence-electron chi connectivity index (χ4n) is 22.0. The van der Waals surface area contributed by atoms with Crippen molar-refractivity contribution in [3.05, 3.63) is 473 Å². The maximum Gasteiger partial charge on any atom is 0.135 e. The molecule has 21 aromatic carbocycles. The van der Waals surface area contributed by atoms with Gasteiger partial charge in [0, 0.05) is 140 Å². The van der Waals surface area contributed by atoms with E-state index in [1.54, 1.807) is 0 Å². The average molecular weight is 1770 g/mol. The summed E-state index contributed by atoms with van der Waals surface area (Å²) in [5, 5.41) is 22.4. The summed E-state index contributed by atoms with van der Waals surface area (Å²) < 4.78 is 29.3. The Morgan fingerprint density at radius 1 is 0.146 bits per heavy atom. The molecule has 30 rings (SSSR count). The van der Waals surface area contributed by atoms with E-state index in [2.05, 4.69) is 476 Å². The standard InChI is InChI=1S/2C42H26N2O.C42H26N2S.2CH4/c1-2-10-29(11-3-1)44-36-15-7-4-12-31(36)33-23-24-38-41(42(33)44)34-14-5-8-16-37(34)43(38)30-21-18-27(19-22-30)28-20-25-40-35(26-28)32-13-6-9-17-39(32)45-40;1-2-10-29(11-3-1)43-37-16-8-5-14-34(37)41-38(43)24-23-33-31-12-4-7-15-36(31)44(42(33)41)30-21-18-27(19-22-30)28-20-25-40-35(26-28)32-13-6-9-17-39(32)45-40;1-2-10-29(11-3-1)43-37-15-7-4-12-31(37)34-25-35-32-13-5-8-16-38(32)44(40(35)26-39(34)43)30-21-18-27(19-22-30)28-20-23-42-36(24-28)33-14-6-9-17-41(33)45-42;;/h3*1-26H;2*1H4. The van der Waals surface area contributed by atoms with E-state index in [1.807, 2.05) is 35.6 Å². The average Bonchev–Trinajstić information content (AvgIpc) is 1.55. The van der Waals surface area contributed by atoms with E-state index in [4.69, 9.17) is 8.83 Å². The van der Waals surface area contributed by atoms with E-state index in [-0.39, 0.29) is 14.9 Å². The second kappa shape index (κ2) is 32.0. The molecule has 9 heteroatoms. The molecule has 646 valence electrons. The van der Waals surface area contributed by atoms with Crippen molar-refractivity contribution in [1.29, 1.82) is 0 Å². The molecule has 0 atom stereocenters. The lowest BCUT2D eigenvalue weighted by Gasteiger charge is -2.11. The Balaban J connectivity index is 0.000000106. The molecule has 0 saturated heterocycles. The van der Waals surface area contributed by atoms with Crippen molar-refractivity contribution in [1.82, 2.24) is 27.4 Å². The molecule has 8 nitrogen and oxygen atoms in total. The van der Waals surface area contributed by atoms with Crippen molar-refractivity contribution < 1.29 is 8.83 Å². The number of aromatic nitrogens is 6. The smallest absolute Gasteiger partial charge is 0.135 e. The molecule has 30 aromatic rings. The third kappa shape index (κ3) is 12.6. The summed E-state index contributed by atoms with van der Waals surface area (Å²) in [5.41, 5.74) is 32.4. The van der Waals surface area contributed by atoms with Gasteiger partial charge in [-0.3, -0.25) is 0 Å². The molecule has 137 heavy (non-hydrogen) atoms. The summed E-state index contributed by atoms with van der Waals surface area (Å²) in [6.07, 6.45) is 0. The summed E-state index contributed by atoms with van der Waals surface area (Å²) in [6.45, 7) is 0. The van der Waals surface area contributed by atoms with Crippen LogP contribution in [-0.2, 0) is 0 Å². The predicted octanol–water partition coefficient (Wildman–Crippen LogP) is 36.1. The lowest BCUT2D eigenvalue weighted by Crippen LogP contribution is -1.95. The first-order valence-corrected chi connectivity index (χ1v) is 46.9. The second-order valence-electron chi connectivity index (χ2n) is 35.3. The number of para-hydroxylation sites is 11. The molecule has 0 aliphatic rings. The highest BCUT2D eigenvalue weighted by molar-refractivity contribution is 7.25. The summed E-state index contributed by atoms with van der Waals surface area (Å²) in [5.74, 6) is 0. The van der Waals surface area contributed by atoms with Gasteiger partial charge >= 0.3 is 0 Å². The van der Waals surface area contributed by atoms with Crippen LogP contribution in [0.2, 0.25) is 0 Å². The molecule has 0 saturated carbocycles. The highest BCUT2D eigenvalue weighted by Crippen LogP contribution is 2.48. The van der Waals surface area contributed by atoms with Crippen LogP contribution in [0.15, 0.2) is 482 Å². The van der Waals surface area contributed by atoms with Crippen LogP contribution in [0.1, 0.15) is 14.9 Å². The Morgan fingerprint density at radius 3 is 0.839 bits per heavy atom. The maximum absolute atomic E-state index is 6.08. The number of rotatable bonds is 9. The van der Waals surface area contributed by atoms with Crippen LogP contribution >= 0.6 is 11.3 Å². The van der Waals surface area contributed by atoms with Crippen LogP contribution in [0.3, 0.4) is 0 Å². The van der Waals surface area contributed by atoms with Gasteiger partial charge in [0.1, 0.15) is 22.3 Å². The Morgan fingerprint density at radius 2 is 0.423 bits per heavy atom. The van der Waals surface area contributed by atoms with Gasteiger partial charge in [0.2, 0.25) is 0 Å². The number of fused-ring (bicyclic) bond motifs is 29. The lowest BCUT2D eigenvalue weighted by atomic mass is 10.0. The highest BCUT2D eigenvalue weighted by atomic mass is 32.1. The zero-order chi connectivity index (χ0) is 88.5. The van der Waals surface area contributed by atoms with Crippen LogP contribution in [-0.4, -0.2) is 27.4 Å². The number of hydrogen-bond donors (Lipinski definition) is 0. The SMILES string of the molecule is C.C.c1ccc(-n2c3ccccc3c3c2ccc2c4ccccc4n(-c4ccc(-c5ccc6oc7ccccc7c6c5)cc4)c23)cc1.c1ccc(-n2c3ccccc3c3cc4c5ccccc5n(-c5ccc(-c6ccc7sc8ccccc8c7c6)cc5)c4cc32)cc1.c1ccc(-n2c3ccccc3c3ccc4c(c5ccccc5n4-c4ccc(-c5ccc6oc7ccccc7c6c5)cc4)c32)cc1. The van der Waals surface area contributed by atoms with E-state index < -0.39 is 0 Å². The van der Waals surface area contributed by atoms with Gasteiger partial charge in [-0.1, -0.05) is 300 Å². The minimum absolute atomic E-state index is 0. The van der Waals surface area contributed by atoms with E-state index in [0.29, 0.717) is 0 Å². The van der Waals surface area contributed by atoms with Crippen molar-refractivity contribution >= 4 is 206 Å². The van der Waals surface area contributed by atoms with Gasteiger partial charge in [-0.15, -0.1) is 11.3 Å². The van der Waals surface area contributed by atoms with E-state index >= 15 is 0 Å². The molecule has 9 heterocycles. The van der Waals surface area contributed by atoms with Gasteiger partial charge in [0.25, 0.3) is 0 Å². The van der Waals surface area contributed by atoms with Crippen molar-refractivity contribution in [3.8, 4) is 67.5 Å². The zero-order valence-electron chi connectivity index (χ0n) is 72.9. The number of thiophene rings is 1. The van der Waals surface area contributed by atoms with Crippen LogP contribution in [0, 0.1) is 0 Å². The fourth-order valence-corrected chi connectivity index (χ4v) is 23.0. The number of benzene rings is 21. The largest absolute Gasteiger partial charge is 0.456 e. The van der Waals surface area contributed by atoms with Gasteiger partial charge in [0.05, 0.1) is 66.2 Å². The Hall–Kier alpha value is -17.8. The maximum atomic E-state index is 6.08. The molecule has 0 amide bonds. The summed E-state index contributed by atoms with van der Waals surface area (Å²) >= 11 is 1.86. The Bertz CT molecular complexity index is 9830. The topological polar surface area (TPSA) is 55.9 Å². The summed E-state index contributed by atoms with van der Waals surface area (Å²) in [4.78, 5) is 0. The third-order valence-corrected chi connectivity index (χ3v) is 29.1. The molecule has 0 aliphatic carbocycles. The van der Waals surface area contributed by atoms with Gasteiger partial charge in [-0.2, -0.15) is 0 Å². The van der Waals surface area contributed by atoms with Crippen LogP contribution < -0.4 is 0 Å². The van der Waals surface area contributed by atoms with E-state index in [9.17, 15) is 0 Å². The van der Waals surface area contributed by atoms with E-state index in [1.165, 1.54) is 196 Å². The van der Waals surface area contributed by atoms with Gasteiger partial charge < -0.3 is 36.2 Å². The van der Waals surface area contributed by atoms with Crippen LogP contribution in [0.25, 0.3) is 262 Å². The minimum atomic E-state index is 0. The molecule has 0 N–H and O–H groups in total. The molecule has 0 unspecified atom stereocenters. The normalized spacial score (nSPS) is 11.8. The Kier molecular flexibility index (Phi) is 18.7. The summed E-state index contributed by atoms with van der Waals surface area (Å²) in [6, 6.07) is 171. The van der Waals surface area contributed by atoms with Crippen molar-refractivity contribution in [2.24, 2.45) is 0 Å². The molecule has 0 spiro atoms. The first-order chi connectivity index (χ1) is 67.0. The molecular formula is C128H86N6O2S. The van der Waals surface area contributed by atoms with Gasteiger partial charge in [0.15, 0.2) is 0 Å². The molecule has 0 fully saturated rings. The quantitative estimate of drug-likeness (QED) is 0.145. The van der Waals surface area contributed by atoms with Gasteiger partial charge in [-0.25, -0.2) is 0 Å². The van der Waals surface area contributed by atoms with Crippen molar-refractivity contribution in [2.75, 3.05) is 0 Å². The number of furan rings is 2. The minimum Gasteiger partial charge on any atom is -0.456 e. The number of nitrogens with zero attached hydrogens (tertiary/aromatic N) is 6. The zero-order valence-corrected chi connectivity index (χ0v) is 73.8. The highest BCUT2D eigenvalue weighted by Gasteiger charge is 2.26. The third-order valence-electron chi connectivity index (χ3n) is 28.0. The molecule has 0 aliphatic heterocycles. The van der Waals surface area contributed by atoms with Crippen molar-refractivity contribution in [2.45, 2.75) is 14.9 Å². The van der Waals surface area contributed by atoms with Crippen molar-refractivity contribution in [3.63, 3.8) is 0 Å². The second-order valence-corrected chi connectivity index (χ2v) is 36.4. The first-order valence-electron chi connectivity index (χ1n) is 46.1. The van der Waals surface area contributed by atoms with E-state index in [0.717, 1.165) is 66.6 Å². The molecular weight excluding hydrogens is 1690 g/mol. The summed E-state index contributed by atoms with van der Waals surface area (Å²) in [7, 11) is 0. The number of hydrogen-bond acceptors (Lipinski definition) is 3. The van der Waals surface area contributed by atoms with Crippen LogP contribution in [0.5, 0.6) is 0 Å². The van der Waals surface area contributed by atoms with Gasteiger partial charge in [-0.05, 0) is 221 Å². The molecule has 0 radical (unpaired) electrons. The Labute approximate surface area is 792 Å². The first kappa shape index (κ1) is 80.1. The predicted molar refractivity (Wildman–Crippen MR) is 583 cm³/mol. The van der Waals surface area contributed by atoms with Crippen LogP contribution in [0.4, 0.5) is 0 Å². The lowest BCUT2D eigenvalue weighted by molar-refractivity contribution is 0.668. The monoisotopic (exact) mass is 1770 g/mol. The molecule has 9 aromatic heterocycles.